The number of H-pyrrole nitrogens is 1. The van der Waals surface area contributed by atoms with Crippen molar-refractivity contribution in [3.8, 4) is 17.0 Å². The molecule has 1 aromatic carbocycles. The fourth-order valence-corrected chi connectivity index (χ4v) is 6.13. The predicted molar refractivity (Wildman–Crippen MR) is 154 cm³/mol. The number of aromatic amines is 1. The Morgan fingerprint density at radius 3 is 2.65 bits per heavy atom. The molecular formula is C26H31N7O5S2. The number of nitrogens with zero attached hydrogens (tertiary/aromatic N) is 4. The van der Waals surface area contributed by atoms with E-state index in [1.165, 1.54) is 18.4 Å². The van der Waals surface area contributed by atoms with Gasteiger partial charge in [-0.1, -0.05) is 0 Å². The zero-order valence-corrected chi connectivity index (χ0v) is 24.2. The van der Waals surface area contributed by atoms with Crippen LogP contribution in [0.15, 0.2) is 36.0 Å². The second-order valence-electron chi connectivity index (χ2n) is 9.67. The van der Waals surface area contributed by atoms with Gasteiger partial charge in [0.05, 0.1) is 49.0 Å². The van der Waals surface area contributed by atoms with E-state index in [-0.39, 0.29) is 35.4 Å². The van der Waals surface area contributed by atoms with Gasteiger partial charge in [0.2, 0.25) is 15.9 Å². The number of anilines is 2. The molecule has 0 radical (unpaired) electrons. The highest BCUT2D eigenvalue weighted by Gasteiger charge is 2.24. The molecule has 0 unspecified atom stereocenters. The maximum absolute atomic E-state index is 13.2. The largest absolute Gasteiger partial charge is 0.480 e. The van der Waals surface area contributed by atoms with Crippen LogP contribution in [0.2, 0.25) is 0 Å². The molecular weight excluding hydrogens is 554 g/mol. The molecule has 0 bridgehead atoms. The minimum atomic E-state index is -3.56. The number of rotatable bonds is 9. The fourth-order valence-electron chi connectivity index (χ4n) is 4.69. The molecule has 3 aromatic heterocycles. The number of amides is 1. The normalized spacial score (nSPS) is 18.1. The van der Waals surface area contributed by atoms with Gasteiger partial charge in [-0.2, -0.15) is 5.10 Å². The van der Waals surface area contributed by atoms with Gasteiger partial charge in [-0.3, -0.25) is 19.5 Å². The maximum Gasteiger partial charge on any atom is 0.275 e. The van der Waals surface area contributed by atoms with Crippen molar-refractivity contribution in [2.24, 2.45) is 0 Å². The lowest BCUT2D eigenvalue weighted by molar-refractivity contribution is -0.0705. The van der Waals surface area contributed by atoms with Crippen LogP contribution >= 0.6 is 11.3 Å². The summed E-state index contributed by atoms with van der Waals surface area (Å²) in [4.78, 5) is 24.4. The van der Waals surface area contributed by atoms with Gasteiger partial charge >= 0.3 is 0 Å². The van der Waals surface area contributed by atoms with Gasteiger partial charge in [0.25, 0.3) is 5.91 Å². The van der Waals surface area contributed by atoms with Crippen molar-refractivity contribution in [2.45, 2.75) is 39.5 Å². The van der Waals surface area contributed by atoms with E-state index in [2.05, 4.69) is 49.0 Å². The number of carbonyl (C=O) groups excluding carboxylic acids is 1. The molecule has 40 heavy (non-hydrogen) atoms. The molecule has 1 fully saturated rings. The number of sulfonamides is 1. The molecule has 1 saturated heterocycles. The average molecular weight is 586 g/mol. The number of pyridine rings is 1. The first-order valence-corrected chi connectivity index (χ1v) is 15.3. The van der Waals surface area contributed by atoms with Crippen molar-refractivity contribution in [2.75, 3.05) is 36.0 Å². The van der Waals surface area contributed by atoms with Crippen LogP contribution in [-0.4, -0.2) is 77.6 Å². The highest BCUT2D eigenvalue weighted by molar-refractivity contribution is 7.92. The molecule has 0 spiro atoms. The Hall–Kier alpha value is -3.59. The summed E-state index contributed by atoms with van der Waals surface area (Å²) in [6, 6.07) is 5.29. The third kappa shape index (κ3) is 6.25. The molecule has 0 saturated carbocycles. The summed E-state index contributed by atoms with van der Waals surface area (Å²) in [5.74, 6) is -0.285. The smallest absolute Gasteiger partial charge is 0.275 e. The van der Waals surface area contributed by atoms with Crippen LogP contribution in [0.3, 0.4) is 0 Å². The van der Waals surface area contributed by atoms with Crippen molar-refractivity contribution in [1.29, 1.82) is 0 Å². The summed E-state index contributed by atoms with van der Waals surface area (Å²) in [6.07, 6.45) is 3.51. The Kier molecular flexibility index (Phi) is 8.03. The Labute approximate surface area is 236 Å². The van der Waals surface area contributed by atoms with E-state index in [1.54, 1.807) is 36.8 Å². The minimum Gasteiger partial charge on any atom is -0.480 e. The summed E-state index contributed by atoms with van der Waals surface area (Å²) >= 11 is 1.45. The van der Waals surface area contributed by atoms with Crippen molar-refractivity contribution in [3.63, 3.8) is 0 Å². The average Bonchev–Trinajstić information content (AvgIpc) is 3.58. The second-order valence-corrected chi connectivity index (χ2v) is 12.6. The SMILES string of the molecule is CCS(=O)(=O)Nc1cc(-c2cc(NC(=O)c3csc(CN4C[C@@H](C)O[C@@H](C)C4)n3)c3cn[nH]c3c2)cnc1OC. The summed E-state index contributed by atoms with van der Waals surface area (Å²) in [5, 5.41) is 13.4. The maximum atomic E-state index is 13.2. The molecule has 14 heteroatoms. The summed E-state index contributed by atoms with van der Waals surface area (Å²) in [6.45, 7) is 7.95. The standard InChI is InChI=1S/C26H31N7O5S2/c1-5-40(35,36)32-22-8-18(9-27-26(22)37-4)17-6-20(19-10-28-31-21(19)7-17)30-25(34)23-14-39-24(29-23)13-33-11-15(2)38-16(3)12-33/h6-10,14-16,32H,5,11-13H2,1-4H3,(H,28,31)(H,30,34)/t15-,16+. The molecule has 1 aliphatic heterocycles. The Bertz CT molecular complexity index is 1630. The number of hydrogen-bond donors (Lipinski definition) is 3. The van der Waals surface area contributed by atoms with Crippen molar-refractivity contribution in [1.82, 2.24) is 25.1 Å². The molecule has 1 amide bonds. The number of methoxy groups -OCH3 is 1. The number of hydrogen-bond acceptors (Lipinski definition) is 10. The lowest BCUT2D eigenvalue weighted by atomic mass is 10.0. The molecule has 2 atom stereocenters. The van der Waals surface area contributed by atoms with E-state index in [0.717, 1.165) is 23.5 Å². The van der Waals surface area contributed by atoms with Crippen molar-refractivity contribution >= 4 is 49.5 Å². The van der Waals surface area contributed by atoms with Crippen molar-refractivity contribution < 1.29 is 22.7 Å². The summed E-state index contributed by atoms with van der Waals surface area (Å²) < 4.78 is 38.0. The Morgan fingerprint density at radius 2 is 1.93 bits per heavy atom. The molecule has 4 heterocycles. The number of nitrogens with one attached hydrogen (secondary N) is 3. The quantitative estimate of drug-likeness (QED) is 0.267. The molecule has 1 aliphatic rings. The van der Waals surface area contributed by atoms with E-state index in [9.17, 15) is 13.2 Å². The van der Waals surface area contributed by atoms with Crippen LogP contribution in [0.1, 0.15) is 36.3 Å². The number of carbonyl (C=O) groups is 1. The summed E-state index contributed by atoms with van der Waals surface area (Å²) in [7, 11) is -2.14. The first kappa shape index (κ1) is 28.0. The number of thiazole rings is 1. The van der Waals surface area contributed by atoms with Crippen LogP contribution in [0.4, 0.5) is 11.4 Å². The zero-order valence-electron chi connectivity index (χ0n) is 22.6. The topological polar surface area (TPSA) is 151 Å². The van der Waals surface area contributed by atoms with Gasteiger partial charge in [-0.25, -0.2) is 18.4 Å². The van der Waals surface area contributed by atoms with Crippen LogP contribution in [0.5, 0.6) is 5.88 Å². The number of morpholine rings is 1. The molecule has 12 nitrogen and oxygen atoms in total. The van der Waals surface area contributed by atoms with Crippen molar-refractivity contribution in [3.05, 3.63) is 46.7 Å². The first-order valence-electron chi connectivity index (χ1n) is 12.8. The van der Waals surface area contributed by atoms with Gasteiger partial charge in [0.15, 0.2) is 0 Å². The van der Waals surface area contributed by atoms with Gasteiger partial charge in [0.1, 0.15) is 16.4 Å². The van der Waals surface area contributed by atoms with E-state index >= 15 is 0 Å². The second kappa shape index (κ2) is 11.5. The predicted octanol–water partition coefficient (Wildman–Crippen LogP) is 3.71. The fraction of sp³-hybridized carbons (Fsp3) is 0.385. The first-order chi connectivity index (χ1) is 19.1. The Balaban J connectivity index is 1.39. The van der Waals surface area contributed by atoms with Gasteiger partial charge in [-0.15, -0.1) is 11.3 Å². The lowest BCUT2D eigenvalue weighted by Gasteiger charge is -2.34. The zero-order chi connectivity index (χ0) is 28.4. The van der Waals surface area contributed by atoms with Gasteiger partial charge in [-0.05, 0) is 44.5 Å². The molecule has 0 aliphatic carbocycles. The third-order valence-electron chi connectivity index (χ3n) is 6.47. The van der Waals surface area contributed by atoms with Crippen LogP contribution in [0, 0.1) is 0 Å². The third-order valence-corrected chi connectivity index (χ3v) is 8.59. The number of ether oxygens (including phenoxy) is 2. The van der Waals surface area contributed by atoms with E-state index in [1.807, 2.05) is 6.07 Å². The number of fused-ring (bicyclic) bond motifs is 1. The number of aromatic nitrogens is 4. The minimum absolute atomic E-state index is 0.0975. The highest BCUT2D eigenvalue weighted by Crippen LogP contribution is 2.34. The van der Waals surface area contributed by atoms with E-state index < -0.39 is 10.0 Å². The van der Waals surface area contributed by atoms with Crippen LogP contribution in [-0.2, 0) is 21.3 Å². The molecule has 5 rings (SSSR count). The number of benzene rings is 1. The van der Waals surface area contributed by atoms with E-state index in [0.29, 0.717) is 34.6 Å². The monoisotopic (exact) mass is 585 g/mol. The van der Waals surface area contributed by atoms with Gasteiger partial charge in [0, 0.05) is 35.6 Å². The molecule has 212 valence electrons. The Morgan fingerprint density at radius 1 is 1.18 bits per heavy atom. The van der Waals surface area contributed by atoms with Crippen LogP contribution < -0.4 is 14.8 Å². The van der Waals surface area contributed by atoms with Gasteiger partial charge < -0.3 is 14.8 Å². The highest BCUT2D eigenvalue weighted by atomic mass is 32.2. The molecule has 4 aromatic rings. The summed E-state index contributed by atoms with van der Waals surface area (Å²) in [5.41, 5.74) is 3.08. The molecule has 3 N–H and O–H groups in total. The van der Waals surface area contributed by atoms with E-state index in [4.69, 9.17) is 9.47 Å². The lowest BCUT2D eigenvalue weighted by Crippen LogP contribution is -2.44. The van der Waals surface area contributed by atoms with Crippen LogP contribution in [0.25, 0.3) is 22.0 Å².